The second kappa shape index (κ2) is 98.2. The fraction of sp³-hybridized carbons (Fsp3) is 0.729. The van der Waals surface area contributed by atoms with E-state index in [9.17, 15) is 43.5 Å². The van der Waals surface area contributed by atoms with Crippen molar-refractivity contribution in [3.8, 4) is 0 Å². The van der Waals surface area contributed by atoms with E-state index in [1.165, 1.54) is 231 Å². The van der Waals surface area contributed by atoms with Gasteiger partial charge in [0.05, 0.1) is 26.4 Å². The summed E-state index contributed by atoms with van der Waals surface area (Å²) in [4.78, 5) is 59.2. The number of hydrogen-bond donors (Lipinski definition) is 4. The number of aliphatic hydroxyl groups excluding tert-OH is 2. The van der Waals surface area contributed by atoms with E-state index < -0.39 is 91.5 Å². The minimum Gasteiger partial charge on any atom is -0.463 e. The zero-order chi connectivity index (χ0) is 90.7. The predicted octanol–water partition coefficient (Wildman–Crippen LogP) is 32.0. The Balaban J connectivity index is 4.60. The highest BCUT2D eigenvalue weighted by molar-refractivity contribution is 7.47. The Kier molecular flexibility index (Phi) is 94.4. The summed E-state index contributed by atoms with van der Waals surface area (Å²) in [6.07, 6.45) is 127. The van der Waals surface area contributed by atoms with E-state index in [1.54, 1.807) is 0 Å². The minimum absolute atomic E-state index is 0.0976. The molecule has 0 saturated carbocycles. The zero-order valence-corrected chi connectivity index (χ0v) is 81.5. The number of rotatable bonds is 96. The molecular weight excluding hydrogens is 1600 g/mol. The summed E-state index contributed by atoms with van der Waals surface area (Å²) < 4.78 is 61.7. The number of esters is 3. The zero-order valence-electron chi connectivity index (χ0n) is 79.7. The molecule has 0 amide bonds. The van der Waals surface area contributed by atoms with Gasteiger partial charge in [-0.05, 0) is 154 Å². The van der Waals surface area contributed by atoms with Crippen molar-refractivity contribution in [3.05, 3.63) is 158 Å². The van der Waals surface area contributed by atoms with Gasteiger partial charge in [0.1, 0.15) is 25.4 Å². The third-order valence-corrected chi connectivity index (χ3v) is 23.6. The average molecular weight is 1790 g/mol. The van der Waals surface area contributed by atoms with Gasteiger partial charge in [-0.1, -0.05) is 429 Å². The summed E-state index contributed by atoms with van der Waals surface area (Å²) in [6.45, 7) is 2.59. The van der Waals surface area contributed by atoms with Crippen LogP contribution in [0.2, 0.25) is 0 Å². The Bertz CT molecular complexity index is 2900. The Morgan fingerprint density at radius 2 is 0.424 bits per heavy atom. The molecule has 18 heteroatoms. The van der Waals surface area contributed by atoms with Crippen molar-refractivity contribution in [3.63, 3.8) is 0 Å². The number of phosphoric acid groups is 2. The Morgan fingerprint density at radius 3 is 0.672 bits per heavy atom. The van der Waals surface area contributed by atoms with Gasteiger partial charge >= 0.3 is 33.6 Å². The van der Waals surface area contributed by atoms with E-state index in [2.05, 4.69) is 179 Å². The van der Waals surface area contributed by atoms with Crippen LogP contribution in [0.3, 0.4) is 0 Å². The Morgan fingerprint density at radius 1 is 0.232 bits per heavy atom. The van der Waals surface area contributed by atoms with Crippen LogP contribution < -0.4 is 0 Å². The lowest BCUT2D eigenvalue weighted by Gasteiger charge is -2.21. The SMILES string of the molecule is CC/C=C\C/C=C\C/C=C\C/C=C\C/C=C\CCCCCCCCCCCCCC(=O)OC(COC(=O)CCCCCCCCCCCCCCC/C=C\C/C=C\C/C=C\C/C=C\CCCCC)COP(=O)(O)OCC(O)COP(=O)(O)OCC(O)COC(=O)CCCCCCCCCCCCCCCCCCC/C=C\C/C=C\C/C=C\C/C=C\CCCCC. The van der Waals surface area contributed by atoms with E-state index in [-0.39, 0.29) is 19.3 Å². The highest BCUT2D eigenvalue weighted by Gasteiger charge is 2.30. The first kappa shape index (κ1) is 120. The number of carbonyl (C=O) groups excluding carboxylic acids is 3. The molecule has 0 aromatic heterocycles. The molecule has 0 spiro atoms. The van der Waals surface area contributed by atoms with Gasteiger partial charge in [0.25, 0.3) is 0 Å². The van der Waals surface area contributed by atoms with E-state index in [0.717, 1.165) is 154 Å². The third-order valence-electron chi connectivity index (χ3n) is 21.7. The molecule has 0 aliphatic heterocycles. The molecule has 0 rings (SSSR count). The molecule has 0 aromatic rings. The van der Waals surface area contributed by atoms with Crippen LogP contribution in [0.15, 0.2) is 158 Å². The molecular formula is C107H186O16P2. The van der Waals surface area contributed by atoms with Crippen molar-refractivity contribution in [2.75, 3.05) is 39.6 Å². The first-order valence-corrected chi connectivity index (χ1v) is 53.8. The fourth-order valence-electron chi connectivity index (χ4n) is 14.0. The predicted molar refractivity (Wildman–Crippen MR) is 528 cm³/mol. The van der Waals surface area contributed by atoms with Gasteiger partial charge in [0.15, 0.2) is 6.10 Å². The molecule has 0 aromatic carbocycles. The number of allylic oxidation sites excluding steroid dienone is 26. The molecule has 0 radical (unpaired) electrons. The van der Waals surface area contributed by atoms with Gasteiger partial charge in [0.2, 0.25) is 0 Å². The number of aliphatic hydroxyl groups is 2. The van der Waals surface area contributed by atoms with Gasteiger partial charge in [-0.25, -0.2) is 9.13 Å². The van der Waals surface area contributed by atoms with Crippen molar-refractivity contribution >= 4 is 33.6 Å². The monoisotopic (exact) mass is 1790 g/mol. The fourth-order valence-corrected chi connectivity index (χ4v) is 15.6. The van der Waals surface area contributed by atoms with E-state index in [4.69, 9.17) is 32.3 Å². The second-order valence-electron chi connectivity index (χ2n) is 33.9. The number of phosphoric ester groups is 2. The standard InChI is InChI=1S/C107H186O16P2/c1-4-7-10-13-16-19-22-25-28-31-34-37-40-43-46-48-49-50-51-53-56-57-60-63-66-69-72-75-78-81-84-87-90-93-105(110)117-96-102(108)97-119-124(113,114)120-98-103(109)99-121-125(115,116)122-101-104(123-107(112)95-92-89-86-83-80-77-74-71-68-65-62-59-54-45-42-39-36-33-30-27-24-21-18-15-12-9-6-3)100-118-106(111)94-91-88-85-82-79-76-73-70-67-64-61-58-55-52-47-44-41-38-35-32-29-26-23-20-17-14-11-8-5-2/h9,12,16-21,25-30,34-39,43-47,54,102-104,108-109H,4-8,10-11,13-15,22-24,31-33,40-42,48-53,55-101H2,1-3H3,(H,113,114)(H,115,116)/b12-9-,19-16-,20-17-,21-18-,28-25-,29-26-,30-27-,37-34-,38-35-,39-36-,46-43-,47-44-,54-45-. The van der Waals surface area contributed by atoms with Crippen LogP contribution in [-0.2, 0) is 55.8 Å². The topological polar surface area (TPSA) is 231 Å². The molecule has 0 aliphatic carbocycles. The van der Waals surface area contributed by atoms with Crippen LogP contribution in [0.1, 0.15) is 445 Å². The molecule has 0 fully saturated rings. The molecule has 0 heterocycles. The van der Waals surface area contributed by atoms with Crippen molar-refractivity contribution in [1.82, 2.24) is 0 Å². The first-order chi connectivity index (χ1) is 61.2. The van der Waals surface area contributed by atoms with Crippen molar-refractivity contribution in [2.45, 2.75) is 463 Å². The lowest BCUT2D eigenvalue weighted by Crippen LogP contribution is -2.30. The molecule has 0 saturated heterocycles. The molecule has 16 nitrogen and oxygen atoms in total. The maximum atomic E-state index is 13.1. The molecule has 720 valence electrons. The first-order valence-electron chi connectivity index (χ1n) is 50.8. The summed E-state index contributed by atoms with van der Waals surface area (Å²) in [5, 5.41) is 20.8. The summed E-state index contributed by atoms with van der Waals surface area (Å²) in [7, 11) is -9.82. The highest BCUT2D eigenvalue weighted by Crippen LogP contribution is 2.45. The molecule has 0 bridgehead atoms. The van der Waals surface area contributed by atoms with Crippen LogP contribution in [0.4, 0.5) is 0 Å². The van der Waals surface area contributed by atoms with Gasteiger partial charge in [-0.3, -0.25) is 32.5 Å². The van der Waals surface area contributed by atoms with Crippen LogP contribution in [0, 0.1) is 0 Å². The second-order valence-corrected chi connectivity index (χ2v) is 36.8. The van der Waals surface area contributed by atoms with Crippen LogP contribution in [0.5, 0.6) is 0 Å². The molecule has 5 unspecified atom stereocenters. The van der Waals surface area contributed by atoms with Gasteiger partial charge < -0.3 is 34.2 Å². The van der Waals surface area contributed by atoms with Crippen molar-refractivity contribution in [1.29, 1.82) is 0 Å². The van der Waals surface area contributed by atoms with E-state index in [0.29, 0.717) is 19.3 Å². The quantitative estimate of drug-likeness (QED) is 0.0146. The molecule has 0 aliphatic rings. The van der Waals surface area contributed by atoms with E-state index in [1.807, 2.05) is 0 Å². The highest BCUT2D eigenvalue weighted by atomic mass is 31.2. The number of carbonyl (C=O) groups is 3. The van der Waals surface area contributed by atoms with Crippen molar-refractivity contribution < 1.29 is 75.8 Å². The van der Waals surface area contributed by atoms with Crippen molar-refractivity contribution in [2.24, 2.45) is 0 Å². The van der Waals surface area contributed by atoms with Gasteiger partial charge in [-0.2, -0.15) is 0 Å². The van der Waals surface area contributed by atoms with Gasteiger partial charge in [0, 0.05) is 19.3 Å². The summed E-state index contributed by atoms with van der Waals surface area (Å²) in [6, 6.07) is 0. The van der Waals surface area contributed by atoms with Gasteiger partial charge in [-0.15, -0.1) is 0 Å². The Hall–Kier alpha value is -4.83. The Labute approximate surface area is 765 Å². The largest absolute Gasteiger partial charge is 0.472 e. The summed E-state index contributed by atoms with van der Waals surface area (Å²) in [5.41, 5.74) is 0. The molecule has 125 heavy (non-hydrogen) atoms. The van der Waals surface area contributed by atoms with Crippen LogP contribution >= 0.6 is 15.6 Å². The third kappa shape index (κ3) is 99.6. The van der Waals surface area contributed by atoms with Crippen LogP contribution in [-0.4, -0.2) is 95.9 Å². The maximum absolute atomic E-state index is 13.1. The number of hydrogen-bond acceptors (Lipinski definition) is 14. The molecule has 4 N–H and O–H groups in total. The van der Waals surface area contributed by atoms with E-state index >= 15 is 0 Å². The lowest BCUT2D eigenvalue weighted by molar-refractivity contribution is -0.161. The number of unbranched alkanes of at least 4 members (excludes halogenated alkanes) is 47. The summed E-state index contributed by atoms with van der Waals surface area (Å²) in [5.74, 6) is -1.56. The average Bonchev–Trinajstić information content (AvgIpc) is 0.900. The number of ether oxygens (including phenoxy) is 3. The molecule has 5 atom stereocenters. The smallest absolute Gasteiger partial charge is 0.463 e. The lowest BCUT2D eigenvalue weighted by atomic mass is 10.0. The normalized spacial score (nSPS) is 14.3. The maximum Gasteiger partial charge on any atom is 0.472 e. The summed E-state index contributed by atoms with van der Waals surface area (Å²) >= 11 is 0. The minimum atomic E-state index is -4.95. The van der Waals surface area contributed by atoms with Crippen LogP contribution in [0.25, 0.3) is 0 Å².